The van der Waals surface area contributed by atoms with Gasteiger partial charge in [-0.05, 0) is 15.9 Å². The van der Waals surface area contributed by atoms with Gasteiger partial charge in [0.2, 0.25) is 5.82 Å². The summed E-state index contributed by atoms with van der Waals surface area (Å²) in [6, 6.07) is 0. The molecule has 0 aromatic carbocycles. The molecule has 0 atom stereocenters. The van der Waals surface area contributed by atoms with Gasteiger partial charge in [-0.1, -0.05) is 0 Å². The van der Waals surface area contributed by atoms with Gasteiger partial charge >= 0.3 is 18.0 Å². The van der Waals surface area contributed by atoms with Gasteiger partial charge in [0.25, 0.3) is 0 Å². The zero-order chi connectivity index (χ0) is 13.5. The number of halogens is 8. The minimum Gasteiger partial charge on any atom is -0.234 e. The summed E-state index contributed by atoms with van der Waals surface area (Å²) in [6.07, 6.45) is -5.11. The Morgan fingerprint density at radius 2 is 1.29 bits per heavy atom. The van der Waals surface area contributed by atoms with E-state index in [9.17, 15) is 30.7 Å². The first kappa shape index (κ1) is 14.1. The zero-order valence-corrected chi connectivity index (χ0v) is 9.16. The van der Waals surface area contributed by atoms with Crippen LogP contribution in [0.5, 0.6) is 0 Å². The van der Waals surface area contributed by atoms with Crippen molar-refractivity contribution >= 4 is 15.9 Å². The second-order valence-corrected chi connectivity index (χ2v) is 3.79. The van der Waals surface area contributed by atoms with Crippen molar-refractivity contribution in [3.8, 4) is 0 Å². The Labute approximate surface area is 98.0 Å². The van der Waals surface area contributed by atoms with Crippen LogP contribution in [0.3, 0.4) is 0 Å². The molecule has 0 aliphatic rings. The van der Waals surface area contributed by atoms with Crippen molar-refractivity contribution in [2.24, 2.45) is 0 Å². The van der Waals surface area contributed by atoms with Gasteiger partial charge in [0.15, 0.2) is 0 Å². The maximum Gasteiger partial charge on any atom is 0.460 e. The van der Waals surface area contributed by atoms with Crippen LogP contribution in [0.15, 0.2) is 16.9 Å². The van der Waals surface area contributed by atoms with Crippen molar-refractivity contribution in [2.45, 2.75) is 18.0 Å². The van der Waals surface area contributed by atoms with Crippen molar-refractivity contribution in [3.63, 3.8) is 0 Å². The maximum atomic E-state index is 13.0. The molecule has 17 heavy (non-hydrogen) atoms. The number of rotatable bonds is 2. The highest BCUT2D eigenvalue weighted by atomic mass is 79.9. The van der Waals surface area contributed by atoms with E-state index in [1.165, 1.54) is 0 Å². The molecule has 0 amide bonds. The van der Waals surface area contributed by atoms with Crippen LogP contribution in [0.2, 0.25) is 0 Å². The average molecular weight is 327 g/mol. The van der Waals surface area contributed by atoms with Crippen LogP contribution in [0.25, 0.3) is 0 Å². The van der Waals surface area contributed by atoms with Crippen molar-refractivity contribution < 1.29 is 30.7 Å². The fourth-order valence-corrected chi connectivity index (χ4v) is 0.998. The highest BCUT2D eigenvalue weighted by Crippen LogP contribution is 2.50. The van der Waals surface area contributed by atoms with E-state index in [0.717, 1.165) is 0 Å². The standard InChI is InChI=1S/C7H2BrF7N2/c8-3-1-16-4(17-2-3)5(9,10)6(11,12)7(13,14)15/h1-2H. The molecule has 0 spiro atoms. The lowest BCUT2D eigenvalue weighted by atomic mass is 10.1. The maximum absolute atomic E-state index is 13.0. The fourth-order valence-electron chi connectivity index (χ4n) is 0.793. The molecule has 1 aromatic rings. The highest BCUT2D eigenvalue weighted by molar-refractivity contribution is 9.10. The van der Waals surface area contributed by atoms with E-state index in [4.69, 9.17) is 0 Å². The molecular formula is C7H2BrF7N2. The third kappa shape index (κ3) is 2.35. The summed E-state index contributed by atoms with van der Waals surface area (Å²) in [6.45, 7) is 0. The molecule has 0 unspecified atom stereocenters. The fraction of sp³-hybridized carbons (Fsp3) is 0.429. The second kappa shape index (κ2) is 4.07. The Balaban J connectivity index is 3.23. The SMILES string of the molecule is FC(F)(F)C(F)(F)C(F)(F)c1ncc(Br)cn1. The predicted molar refractivity (Wildman–Crippen MR) is 44.6 cm³/mol. The number of aromatic nitrogens is 2. The van der Waals surface area contributed by atoms with Crippen molar-refractivity contribution in [1.29, 1.82) is 0 Å². The molecule has 0 fully saturated rings. The molecule has 0 N–H and O–H groups in total. The third-order valence-electron chi connectivity index (χ3n) is 1.65. The molecule has 10 heteroatoms. The first-order chi connectivity index (χ1) is 7.50. The smallest absolute Gasteiger partial charge is 0.234 e. The molecule has 1 heterocycles. The Kier molecular flexibility index (Phi) is 3.38. The van der Waals surface area contributed by atoms with Crippen molar-refractivity contribution in [3.05, 3.63) is 22.7 Å². The van der Waals surface area contributed by atoms with Crippen LogP contribution >= 0.6 is 15.9 Å². The number of hydrogen-bond acceptors (Lipinski definition) is 2. The van der Waals surface area contributed by atoms with Gasteiger partial charge in [0.05, 0.1) is 4.47 Å². The predicted octanol–water partition coefficient (Wildman–Crippen LogP) is 3.53. The molecule has 0 saturated carbocycles. The third-order valence-corrected chi connectivity index (χ3v) is 2.06. The van der Waals surface area contributed by atoms with E-state index < -0.39 is 23.8 Å². The lowest BCUT2D eigenvalue weighted by Gasteiger charge is -2.26. The van der Waals surface area contributed by atoms with Gasteiger partial charge in [0, 0.05) is 12.4 Å². The second-order valence-electron chi connectivity index (χ2n) is 2.87. The lowest BCUT2D eigenvalue weighted by molar-refractivity contribution is -0.361. The van der Waals surface area contributed by atoms with Crippen LogP contribution in [0, 0.1) is 0 Å². The van der Waals surface area contributed by atoms with Crippen LogP contribution < -0.4 is 0 Å². The Morgan fingerprint density at radius 3 is 1.65 bits per heavy atom. The minimum atomic E-state index is -6.40. The molecular weight excluding hydrogens is 325 g/mol. The first-order valence-corrected chi connectivity index (χ1v) is 4.60. The summed E-state index contributed by atoms with van der Waals surface area (Å²) in [7, 11) is 0. The lowest BCUT2D eigenvalue weighted by Crippen LogP contribution is -2.50. The van der Waals surface area contributed by atoms with Crippen molar-refractivity contribution in [2.75, 3.05) is 0 Å². The summed E-state index contributed by atoms with van der Waals surface area (Å²) in [5.74, 6) is -13.7. The summed E-state index contributed by atoms with van der Waals surface area (Å²) >= 11 is 2.72. The summed E-state index contributed by atoms with van der Waals surface area (Å²) in [5.41, 5.74) is 0. The molecule has 1 rings (SSSR count). The van der Waals surface area contributed by atoms with Gasteiger partial charge in [-0.3, -0.25) is 0 Å². The van der Waals surface area contributed by atoms with Crippen LogP contribution in [0.4, 0.5) is 30.7 Å². The first-order valence-electron chi connectivity index (χ1n) is 3.80. The number of nitrogens with zero attached hydrogens (tertiary/aromatic N) is 2. The van der Waals surface area contributed by atoms with E-state index in [1.807, 2.05) is 0 Å². The highest BCUT2D eigenvalue weighted by Gasteiger charge is 2.75. The van der Waals surface area contributed by atoms with E-state index in [1.54, 1.807) is 0 Å². The molecule has 0 bridgehead atoms. The largest absolute Gasteiger partial charge is 0.460 e. The minimum absolute atomic E-state index is 0.0624. The molecule has 0 aliphatic carbocycles. The molecule has 0 radical (unpaired) electrons. The van der Waals surface area contributed by atoms with Crippen molar-refractivity contribution in [1.82, 2.24) is 9.97 Å². The summed E-state index contributed by atoms with van der Waals surface area (Å²) < 4.78 is 86.4. The van der Waals surface area contributed by atoms with Gasteiger partial charge in [0.1, 0.15) is 0 Å². The zero-order valence-electron chi connectivity index (χ0n) is 7.57. The molecule has 96 valence electrons. The molecule has 2 nitrogen and oxygen atoms in total. The average Bonchev–Trinajstić information content (AvgIpc) is 2.16. The Hall–Kier alpha value is -0.930. The van der Waals surface area contributed by atoms with Gasteiger partial charge in [-0.15, -0.1) is 0 Å². The molecule has 0 saturated heterocycles. The Bertz CT molecular complexity index is 400. The van der Waals surface area contributed by atoms with Gasteiger partial charge in [-0.25, -0.2) is 9.97 Å². The normalized spacial score (nSPS) is 13.9. The summed E-state index contributed by atoms with van der Waals surface area (Å²) in [4.78, 5) is 5.48. The van der Waals surface area contributed by atoms with E-state index in [0.29, 0.717) is 12.4 Å². The van der Waals surface area contributed by atoms with Crippen LogP contribution in [0.1, 0.15) is 5.82 Å². The van der Waals surface area contributed by atoms with E-state index in [-0.39, 0.29) is 4.47 Å². The number of hydrogen-bond donors (Lipinski definition) is 0. The Morgan fingerprint density at radius 1 is 0.882 bits per heavy atom. The monoisotopic (exact) mass is 326 g/mol. The topological polar surface area (TPSA) is 25.8 Å². The van der Waals surface area contributed by atoms with Crippen LogP contribution in [-0.2, 0) is 5.92 Å². The quantitative estimate of drug-likeness (QED) is 0.777. The molecule has 1 aromatic heterocycles. The number of alkyl halides is 7. The summed E-state index contributed by atoms with van der Waals surface area (Å²) in [5, 5.41) is 0. The van der Waals surface area contributed by atoms with E-state index >= 15 is 0 Å². The van der Waals surface area contributed by atoms with Gasteiger partial charge in [-0.2, -0.15) is 30.7 Å². The van der Waals surface area contributed by atoms with E-state index in [2.05, 4.69) is 25.9 Å². The van der Waals surface area contributed by atoms with Crippen LogP contribution in [-0.4, -0.2) is 22.1 Å². The van der Waals surface area contributed by atoms with Gasteiger partial charge < -0.3 is 0 Å². The molecule has 0 aliphatic heterocycles.